The molecule has 0 saturated heterocycles. The zero-order chi connectivity index (χ0) is 18.3. The first-order chi connectivity index (χ1) is 12.5. The predicted molar refractivity (Wildman–Crippen MR) is 104 cm³/mol. The average Bonchev–Trinajstić information content (AvgIpc) is 3.30. The summed E-state index contributed by atoms with van der Waals surface area (Å²) in [5, 5.41) is 12.6. The van der Waals surface area contributed by atoms with Gasteiger partial charge in [-0.3, -0.25) is 9.59 Å². The van der Waals surface area contributed by atoms with Crippen LogP contribution in [0.2, 0.25) is 0 Å². The zero-order valence-corrected chi connectivity index (χ0v) is 16.5. The Bertz CT molecular complexity index is 851. The lowest BCUT2D eigenvalue weighted by Crippen LogP contribution is -2.33. The number of thiophene rings is 1. The molecule has 2 aliphatic carbocycles. The quantitative estimate of drug-likeness (QED) is 0.807. The SMILES string of the molecule is Cc1csc(-c2c(CC(=O)[C@H]3CCCC[C@@H]3C(=O)O)sc3c2CCC3)n1. The number of Topliss-reactive ketones (excluding diaryl/α,β-unsaturated/α-hetero) is 1. The van der Waals surface area contributed by atoms with E-state index in [0.717, 1.165) is 41.3 Å². The number of fused-ring (bicyclic) bond motifs is 1. The van der Waals surface area contributed by atoms with Crippen LogP contribution in [0, 0.1) is 18.8 Å². The van der Waals surface area contributed by atoms with Crippen molar-refractivity contribution in [1.82, 2.24) is 4.98 Å². The van der Waals surface area contributed by atoms with Gasteiger partial charge < -0.3 is 5.11 Å². The number of thiazole rings is 1. The van der Waals surface area contributed by atoms with E-state index >= 15 is 0 Å². The lowest BCUT2D eigenvalue weighted by atomic mass is 9.76. The molecule has 0 unspecified atom stereocenters. The second-order valence-corrected chi connectivity index (χ2v) is 9.48. The van der Waals surface area contributed by atoms with Gasteiger partial charge in [0.05, 0.1) is 5.92 Å². The molecule has 26 heavy (non-hydrogen) atoms. The molecule has 2 heterocycles. The first-order valence-electron chi connectivity index (χ1n) is 9.36. The summed E-state index contributed by atoms with van der Waals surface area (Å²) in [6.07, 6.45) is 6.91. The molecule has 4 rings (SSSR count). The van der Waals surface area contributed by atoms with Gasteiger partial charge in [0.25, 0.3) is 0 Å². The fourth-order valence-electron chi connectivity index (χ4n) is 4.40. The third-order valence-corrected chi connectivity index (χ3v) is 7.93. The maximum Gasteiger partial charge on any atom is 0.307 e. The molecule has 2 atom stereocenters. The molecule has 0 aromatic carbocycles. The molecular weight excluding hydrogens is 366 g/mol. The monoisotopic (exact) mass is 389 g/mol. The fraction of sp³-hybridized carbons (Fsp3) is 0.550. The van der Waals surface area contributed by atoms with Crippen LogP contribution in [0.25, 0.3) is 10.6 Å². The average molecular weight is 390 g/mol. The van der Waals surface area contributed by atoms with Gasteiger partial charge in [0.2, 0.25) is 0 Å². The van der Waals surface area contributed by atoms with Crippen molar-refractivity contribution >= 4 is 34.4 Å². The number of carbonyl (C=O) groups is 2. The van der Waals surface area contributed by atoms with Crippen LogP contribution >= 0.6 is 22.7 Å². The Morgan fingerprint density at radius 3 is 2.65 bits per heavy atom. The number of aliphatic carboxylic acids is 1. The summed E-state index contributed by atoms with van der Waals surface area (Å²) < 4.78 is 0. The highest BCUT2D eigenvalue weighted by Crippen LogP contribution is 2.43. The van der Waals surface area contributed by atoms with E-state index in [4.69, 9.17) is 0 Å². The van der Waals surface area contributed by atoms with Crippen LogP contribution in [0.3, 0.4) is 0 Å². The van der Waals surface area contributed by atoms with Crippen LogP contribution in [0.15, 0.2) is 5.38 Å². The first-order valence-corrected chi connectivity index (χ1v) is 11.1. The van der Waals surface area contributed by atoms with Gasteiger partial charge in [0, 0.05) is 38.7 Å². The van der Waals surface area contributed by atoms with Gasteiger partial charge >= 0.3 is 5.97 Å². The van der Waals surface area contributed by atoms with E-state index in [9.17, 15) is 14.7 Å². The van der Waals surface area contributed by atoms with Crippen LogP contribution in [-0.2, 0) is 28.9 Å². The van der Waals surface area contributed by atoms with Gasteiger partial charge in [-0.25, -0.2) is 4.98 Å². The molecule has 0 amide bonds. The molecule has 0 spiro atoms. The minimum absolute atomic E-state index is 0.103. The third-order valence-electron chi connectivity index (χ3n) is 5.66. The Morgan fingerprint density at radius 2 is 1.96 bits per heavy atom. The minimum atomic E-state index is -0.813. The molecule has 2 aromatic heterocycles. The largest absolute Gasteiger partial charge is 0.481 e. The number of nitrogens with zero attached hydrogens (tertiary/aromatic N) is 1. The summed E-state index contributed by atoms with van der Waals surface area (Å²) in [5.74, 6) is -1.54. The summed E-state index contributed by atoms with van der Waals surface area (Å²) in [5.41, 5.74) is 3.57. The zero-order valence-electron chi connectivity index (χ0n) is 14.9. The van der Waals surface area contributed by atoms with Gasteiger partial charge in [0.15, 0.2) is 0 Å². The number of hydrogen-bond acceptors (Lipinski definition) is 5. The van der Waals surface area contributed by atoms with E-state index in [2.05, 4.69) is 10.4 Å². The van der Waals surface area contributed by atoms with Crippen molar-refractivity contribution in [3.8, 4) is 10.6 Å². The fourth-order valence-corrected chi connectivity index (χ4v) is 6.77. The van der Waals surface area contributed by atoms with Crippen molar-refractivity contribution in [3.63, 3.8) is 0 Å². The lowest BCUT2D eigenvalue weighted by Gasteiger charge is -2.27. The molecule has 6 heteroatoms. The van der Waals surface area contributed by atoms with Gasteiger partial charge in [0.1, 0.15) is 10.8 Å². The smallest absolute Gasteiger partial charge is 0.307 e. The highest BCUT2D eigenvalue weighted by Gasteiger charge is 2.36. The molecule has 138 valence electrons. The van der Waals surface area contributed by atoms with Crippen molar-refractivity contribution in [1.29, 1.82) is 0 Å². The molecular formula is C20H23NO3S2. The van der Waals surface area contributed by atoms with E-state index in [1.807, 2.05) is 6.92 Å². The Labute approximate surface area is 161 Å². The minimum Gasteiger partial charge on any atom is -0.481 e. The molecule has 1 N–H and O–H groups in total. The van der Waals surface area contributed by atoms with Crippen LogP contribution in [0.5, 0.6) is 0 Å². The number of carboxylic acid groups (broad SMARTS) is 1. The van der Waals surface area contributed by atoms with Crippen molar-refractivity contribution in [3.05, 3.63) is 26.4 Å². The molecule has 1 saturated carbocycles. The number of ketones is 1. The van der Waals surface area contributed by atoms with Crippen LogP contribution in [0.4, 0.5) is 0 Å². The van der Waals surface area contributed by atoms with Crippen LogP contribution < -0.4 is 0 Å². The summed E-state index contributed by atoms with van der Waals surface area (Å²) in [6.45, 7) is 2.00. The number of rotatable bonds is 5. The van der Waals surface area contributed by atoms with E-state index in [-0.39, 0.29) is 11.7 Å². The summed E-state index contributed by atoms with van der Waals surface area (Å²) in [7, 11) is 0. The Kier molecular flexibility index (Phi) is 4.97. The topological polar surface area (TPSA) is 67.3 Å². The summed E-state index contributed by atoms with van der Waals surface area (Å²) in [4.78, 5) is 31.8. The van der Waals surface area contributed by atoms with Gasteiger partial charge in [-0.1, -0.05) is 12.8 Å². The van der Waals surface area contributed by atoms with Gasteiger partial charge in [-0.05, 0) is 44.6 Å². The second-order valence-electron chi connectivity index (χ2n) is 7.43. The molecule has 0 aliphatic heterocycles. The highest BCUT2D eigenvalue weighted by molar-refractivity contribution is 7.15. The molecule has 4 nitrogen and oxygen atoms in total. The Balaban J connectivity index is 1.64. The number of carboxylic acids is 1. The van der Waals surface area contributed by atoms with Crippen LogP contribution in [-0.4, -0.2) is 21.8 Å². The van der Waals surface area contributed by atoms with Crippen LogP contribution in [0.1, 0.15) is 53.1 Å². The van der Waals surface area contributed by atoms with Crippen molar-refractivity contribution in [2.75, 3.05) is 0 Å². The molecule has 0 radical (unpaired) electrons. The second kappa shape index (κ2) is 7.24. The highest BCUT2D eigenvalue weighted by atomic mass is 32.1. The molecule has 2 aromatic rings. The normalized spacial score (nSPS) is 22.3. The molecule has 1 fully saturated rings. The van der Waals surface area contributed by atoms with Gasteiger partial charge in [-0.15, -0.1) is 22.7 Å². The van der Waals surface area contributed by atoms with Crippen molar-refractivity contribution < 1.29 is 14.7 Å². The summed E-state index contributed by atoms with van der Waals surface area (Å²) >= 11 is 3.40. The summed E-state index contributed by atoms with van der Waals surface area (Å²) in [6, 6.07) is 0. The predicted octanol–water partition coefficient (Wildman–Crippen LogP) is 4.67. The Hall–Kier alpha value is -1.53. The Morgan fingerprint density at radius 1 is 1.19 bits per heavy atom. The van der Waals surface area contributed by atoms with Gasteiger partial charge in [-0.2, -0.15) is 0 Å². The standard InChI is InChI=1S/C20H23NO3S2/c1-11-10-25-19(21-11)18-14-7-4-8-16(14)26-17(18)9-15(22)12-5-2-3-6-13(12)20(23)24/h10,12-13H,2-9H2,1H3,(H,23,24)/t12-,13-/m0/s1. The molecule has 2 aliphatic rings. The van der Waals surface area contributed by atoms with E-state index in [1.165, 1.54) is 22.4 Å². The first kappa shape index (κ1) is 17.9. The number of aryl methyl sites for hydroxylation is 2. The van der Waals surface area contributed by atoms with E-state index < -0.39 is 11.9 Å². The van der Waals surface area contributed by atoms with E-state index in [1.54, 1.807) is 22.7 Å². The molecule has 0 bridgehead atoms. The van der Waals surface area contributed by atoms with E-state index in [0.29, 0.717) is 19.3 Å². The van der Waals surface area contributed by atoms with Crippen molar-refractivity contribution in [2.24, 2.45) is 11.8 Å². The maximum atomic E-state index is 13.0. The number of aromatic nitrogens is 1. The number of hydrogen-bond donors (Lipinski definition) is 1. The maximum absolute atomic E-state index is 13.0. The third kappa shape index (κ3) is 3.25. The lowest BCUT2D eigenvalue weighted by molar-refractivity contribution is -0.148. The number of carbonyl (C=O) groups excluding carboxylic acids is 1. The van der Waals surface area contributed by atoms with Crippen molar-refractivity contribution in [2.45, 2.75) is 58.3 Å².